The molecule has 280 valence electrons. The zero-order valence-electron chi connectivity index (χ0n) is 32.6. The summed E-state index contributed by atoms with van der Waals surface area (Å²) in [6, 6.07) is 0. The Labute approximate surface area is 299 Å². The molecule has 0 heterocycles. The molecule has 9 heteroatoms. The molecule has 0 aromatic carbocycles. The molecule has 9 atom stereocenters. The maximum atomic E-state index is 14.0. The molecule has 0 bridgehead atoms. The van der Waals surface area contributed by atoms with Gasteiger partial charge in [0.15, 0.2) is 5.78 Å². The molecule has 50 heavy (non-hydrogen) atoms. The van der Waals surface area contributed by atoms with E-state index in [1.54, 1.807) is 27.7 Å². The van der Waals surface area contributed by atoms with Crippen LogP contribution in [0, 0.1) is 57.7 Å². The average Bonchev–Trinajstić information content (AvgIpc) is 3.29. The number of ether oxygens (including phenoxy) is 1. The van der Waals surface area contributed by atoms with Gasteiger partial charge in [0.05, 0.1) is 17.4 Å². The van der Waals surface area contributed by atoms with Gasteiger partial charge in [0.1, 0.15) is 11.6 Å². The van der Waals surface area contributed by atoms with Crippen molar-refractivity contribution in [2.75, 3.05) is 0 Å². The van der Waals surface area contributed by atoms with Crippen LogP contribution in [0.2, 0.25) is 0 Å². The molecule has 4 saturated carbocycles. The molecule has 0 aliphatic heterocycles. The number of nitrogens with one attached hydrogen (secondary N) is 2. The van der Waals surface area contributed by atoms with E-state index in [9.17, 15) is 29.1 Å². The normalized spacial score (nSPS) is 37.0. The number of aliphatic carboxylic acids is 1. The van der Waals surface area contributed by atoms with E-state index < -0.39 is 28.4 Å². The molecule has 0 spiro atoms. The van der Waals surface area contributed by atoms with Gasteiger partial charge in [0, 0.05) is 12.3 Å². The minimum atomic E-state index is -1.16. The third-order valence-electron chi connectivity index (χ3n) is 14.4. The van der Waals surface area contributed by atoms with Crippen molar-refractivity contribution in [2.45, 2.75) is 158 Å². The van der Waals surface area contributed by atoms with E-state index in [-0.39, 0.29) is 64.6 Å². The Balaban J connectivity index is 1.39. The third-order valence-corrected chi connectivity index (χ3v) is 14.4. The van der Waals surface area contributed by atoms with Gasteiger partial charge in [-0.3, -0.25) is 24.0 Å². The van der Waals surface area contributed by atoms with Crippen LogP contribution >= 0.6 is 0 Å². The van der Waals surface area contributed by atoms with Gasteiger partial charge in [-0.2, -0.15) is 0 Å². The standard InChI is InChI=1S/C41H64N2O7/c1-22(2)32-28(44)20-41(43-35(47)38(8,9)42-34(46)23(3)4)19-15-27-25(33(32)41)12-13-30-39(10)18-16-29(24(5)26(39)14-17-40(27,30)11)50-31(45)21-37(6,7)36(48)49/h22-27,29-30H,12-21H2,1-11H3,(H,42,46)(H,43,47)(H,48,49). The van der Waals surface area contributed by atoms with Gasteiger partial charge in [0.25, 0.3) is 0 Å². The number of amides is 2. The van der Waals surface area contributed by atoms with E-state index in [0.717, 1.165) is 56.9 Å². The van der Waals surface area contributed by atoms with Crippen molar-refractivity contribution in [3.8, 4) is 0 Å². The molecular weight excluding hydrogens is 632 g/mol. The topological polar surface area (TPSA) is 139 Å². The summed E-state index contributed by atoms with van der Waals surface area (Å²) in [5.41, 5.74) is -0.752. The molecule has 5 rings (SSSR count). The number of carboxylic acid groups (broad SMARTS) is 1. The fourth-order valence-corrected chi connectivity index (χ4v) is 11.7. The Morgan fingerprint density at radius 1 is 0.900 bits per heavy atom. The van der Waals surface area contributed by atoms with Crippen molar-refractivity contribution in [3.05, 3.63) is 11.1 Å². The summed E-state index contributed by atoms with van der Waals surface area (Å²) in [6.07, 6.45) is 7.50. The molecule has 4 fully saturated rings. The monoisotopic (exact) mass is 696 g/mol. The SMILES string of the molecule is CC(C)C(=O)NC(C)(C)C(=O)NC12CCC3C(CCC4C3(C)CCC3C(C)C(OC(=O)CC(C)(C)C(=O)O)CCC34C)C1=C(C(C)C)C(=O)C2. The van der Waals surface area contributed by atoms with E-state index in [2.05, 4.69) is 45.3 Å². The highest BCUT2D eigenvalue weighted by molar-refractivity contribution is 6.03. The minimum absolute atomic E-state index is 0.0578. The number of allylic oxidation sites excluding steroid dienone is 1. The first-order valence-electron chi connectivity index (χ1n) is 19.4. The van der Waals surface area contributed by atoms with E-state index in [0.29, 0.717) is 24.2 Å². The second kappa shape index (κ2) is 13.1. The fraction of sp³-hybridized carbons (Fsp3) is 0.829. The number of esters is 1. The minimum Gasteiger partial charge on any atom is -0.481 e. The van der Waals surface area contributed by atoms with Crippen molar-refractivity contribution >= 4 is 29.5 Å². The Morgan fingerprint density at radius 3 is 2.10 bits per heavy atom. The predicted molar refractivity (Wildman–Crippen MR) is 192 cm³/mol. The molecule has 9 nitrogen and oxygen atoms in total. The largest absolute Gasteiger partial charge is 0.481 e. The molecule has 9 unspecified atom stereocenters. The summed E-state index contributed by atoms with van der Waals surface area (Å²) >= 11 is 0. The third kappa shape index (κ3) is 6.35. The van der Waals surface area contributed by atoms with Gasteiger partial charge in [-0.15, -0.1) is 0 Å². The van der Waals surface area contributed by atoms with E-state index >= 15 is 0 Å². The first kappa shape index (κ1) is 38.5. The van der Waals surface area contributed by atoms with E-state index in [1.807, 2.05) is 13.8 Å². The summed E-state index contributed by atoms with van der Waals surface area (Å²) in [6.45, 7) is 21.6. The highest BCUT2D eigenvalue weighted by Gasteiger charge is 2.65. The lowest BCUT2D eigenvalue weighted by Crippen LogP contribution is -2.65. The first-order chi connectivity index (χ1) is 23.0. The number of ketones is 1. The van der Waals surface area contributed by atoms with Crippen LogP contribution in [0.5, 0.6) is 0 Å². The summed E-state index contributed by atoms with van der Waals surface area (Å²) in [4.78, 5) is 65.0. The number of hydrogen-bond donors (Lipinski definition) is 3. The van der Waals surface area contributed by atoms with Crippen LogP contribution in [0.15, 0.2) is 11.1 Å². The molecule has 5 aliphatic rings. The van der Waals surface area contributed by atoms with Crippen LogP contribution in [0.1, 0.15) is 140 Å². The average molecular weight is 697 g/mol. The predicted octanol–water partition coefficient (Wildman–Crippen LogP) is 7.02. The van der Waals surface area contributed by atoms with Crippen LogP contribution in [0.3, 0.4) is 0 Å². The van der Waals surface area contributed by atoms with Crippen LogP contribution in [-0.4, -0.2) is 51.8 Å². The van der Waals surface area contributed by atoms with Gasteiger partial charge in [-0.25, -0.2) is 0 Å². The maximum absolute atomic E-state index is 14.0. The first-order valence-corrected chi connectivity index (χ1v) is 19.4. The lowest BCUT2D eigenvalue weighted by Gasteiger charge is -2.67. The summed E-state index contributed by atoms with van der Waals surface area (Å²) in [5.74, 6) is -0.188. The molecule has 2 amide bonds. The Morgan fingerprint density at radius 2 is 1.50 bits per heavy atom. The van der Waals surface area contributed by atoms with Gasteiger partial charge in [0.2, 0.25) is 11.8 Å². The second-order valence-electron chi connectivity index (χ2n) is 19.2. The summed E-state index contributed by atoms with van der Waals surface area (Å²) < 4.78 is 6.02. The van der Waals surface area contributed by atoms with Crippen molar-refractivity contribution in [1.82, 2.24) is 10.6 Å². The number of rotatable bonds is 9. The highest BCUT2D eigenvalue weighted by Crippen LogP contribution is 2.70. The summed E-state index contributed by atoms with van der Waals surface area (Å²) in [7, 11) is 0. The molecule has 0 aromatic rings. The van der Waals surface area contributed by atoms with Crippen molar-refractivity contribution in [1.29, 1.82) is 0 Å². The molecule has 0 aromatic heterocycles. The van der Waals surface area contributed by atoms with Crippen LogP contribution in [0.25, 0.3) is 0 Å². The Hall–Kier alpha value is -2.71. The molecular formula is C41H64N2O7. The second-order valence-corrected chi connectivity index (χ2v) is 19.2. The number of carbonyl (C=O) groups is 5. The lowest BCUT2D eigenvalue weighted by molar-refractivity contribution is -0.191. The maximum Gasteiger partial charge on any atom is 0.309 e. The number of hydrogen-bond acceptors (Lipinski definition) is 6. The van der Waals surface area contributed by atoms with Crippen LogP contribution in [-0.2, 0) is 28.7 Å². The lowest BCUT2D eigenvalue weighted by atomic mass is 9.38. The van der Waals surface area contributed by atoms with E-state index in [1.165, 1.54) is 5.57 Å². The van der Waals surface area contributed by atoms with Gasteiger partial charge in [-0.05, 0) is 137 Å². The molecule has 5 aliphatic carbocycles. The quantitative estimate of drug-likeness (QED) is 0.220. The number of carbonyl (C=O) groups excluding carboxylic acids is 4. The zero-order chi connectivity index (χ0) is 37.4. The zero-order valence-corrected chi connectivity index (χ0v) is 32.6. The van der Waals surface area contributed by atoms with Gasteiger partial charge >= 0.3 is 11.9 Å². The van der Waals surface area contributed by atoms with Gasteiger partial charge in [-0.1, -0.05) is 48.5 Å². The Bertz CT molecular complexity index is 1460. The number of Topliss-reactive ketones (excluding diaryl/α,β-unsaturated/α-hetero) is 1. The van der Waals surface area contributed by atoms with Crippen molar-refractivity contribution in [3.63, 3.8) is 0 Å². The molecule has 0 radical (unpaired) electrons. The van der Waals surface area contributed by atoms with Crippen LogP contribution < -0.4 is 10.6 Å². The highest BCUT2D eigenvalue weighted by atomic mass is 16.5. The summed E-state index contributed by atoms with van der Waals surface area (Å²) in [5, 5.41) is 15.9. The van der Waals surface area contributed by atoms with Gasteiger partial charge < -0.3 is 20.5 Å². The fourth-order valence-electron chi connectivity index (χ4n) is 11.7. The van der Waals surface area contributed by atoms with E-state index in [4.69, 9.17) is 4.74 Å². The Kier molecular flexibility index (Phi) is 10.1. The smallest absolute Gasteiger partial charge is 0.309 e. The molecule has 3 N–H and O–H groups in total. The van der Waals surface area contributed by atoms with Crippen molar-refractivity contribution < 1.29 is 33.8 Å². The van der Waals surface area contributed by atoms with Crippen LogP contribution in [0.4, 0.5) is 0 Å². The number of fused-ring (bicyclic) bond motifs is 7. The van der Waals surface area contributed by atoms with Crippen molar-refractivity contribution in [2.24, 2.45) is 57.7 Å². The number of carboxylic acids is 1. The molecule has 0 saturated heterocycles.